The minimum absolute atomic E-state index is 0.0562. The Labute approximate surface area is 132 Å². The van der Waals surface area contributed by atoms with Crippen molar-refractivity contribution in [1.82, 2.24) is 4.90 Å². The molecule has 2 rings (SSSR count). The van der Waals surface area contributed by atoms with Gasteiger partial charge < -0.3 is 9.64 Å². The summed E-state index contributed by atoms with van der Waals surface area (Å²) in [7, 11) is 1.38. The first-order valence-electron chi connectivity index (χ1n) is 7.55. The molecule has 1 saturated heterocycles. The minimum Gasteiger partial charge on any atom is -0.469 e. The monoisotopic (exact) mass is 303 g/mol. The van der Waals surface area contributed by atoms with E-state index < -0.39 is 16.4 Å². The van der Waals surface area contributed by atoms with Gasteiger partial charge in [0.15, 0.2) is 0 Å². The fraction of sp³-hybridized carbons (Fsp3) is 0.556. The number of rotatable bonds is 4. The van der Waals surface area contributed by atoms with Gasteiger partial charge in [0.1, 0.15) is 0 Å². The molecule has 0 bridgehead atoms. The molecule has 0 spiro atoms. The number of esters is 1. The number of carbonyl (C=O) groups is 2. The van der Waals surface area contributed by atoms with Crippen molar-refractivity contribution < 1.29 is 14.3 Å². The lowest BCUT2D eigenvalue weighted by molar-refractivity contribution is -0.176. The molecule has 22 heavy (non-hydrogen) atoms. The molecule has 0 N–H and O–H groups in total. The van der Waals surface area contributed by atoms with Crippen LogP contribution in [0.1, 0.15) is 40.2 Å². The zero-order valence-corrected chi connectivity index (χ0v) is 14.3. The zero-order valence-electron chi connectivity index (χ0n) is 14.3. The van der Waals surface area contributed by atoms with Crippen molar-refractivity contribution in [3.8, 4) is 0 Å². The fourth-order valence-electron chi connectivity index (χ4n) is 2.98. The summed E-state index contributed by atoms with van der Waals surface area (Å²) < 4.78 is 4.92. The third kappa shape index (κ3) is 2.13. The molecule has 1 atom stereocenters. The summed E-state index contributed by atoms with van der Waals surface area (Å²) in [5.74, 6) is -0.251. The predicted octanol–water partition coefficient (Wildman–Crippen LogP) is 2.76. The summed E-state index contributed by atoms with van der Waals surface area (Å²) in [5.41, 5.74) is -0.894. The van der Waals surface area contributed by atoms with Crippen molar-refractivity contribution in [3.63, 3.8) is 0 Å². The highest BCUT2D eigenvalue weighted by molar-refractivity contribution is 5.95. The average molecular weight is 303 g/mol. The van der Waals surface area contributed by atoms with Crippen LogP contribution in [0.15, 0.2) is 30.3 Å². The Kier molecular flexibility index (Phi) is 3.84. The second-order valence-corrected chi connectivity index (χ2v) is 7.27. The van der Waals surface area contributed by atoms with E-state index in [2.05, 4.69) is 0 Å². The average Bonchev–Trinajstić information content (AvgIpc) is 2.51. The molecule has 1 amide bonds. The Morgan fingerprint density at radius 1 is 1.18 bits per heavy atom. The molecular formula is C18H25NO3. The van der Waals surface area contributed by atoms with Crippen LogP contribution in [-0.2, 0) is 19.7 Å². The number of likely N-dealkylation sites (tertiary alicyclic amines) is 1. The van der Waals surface area contributed by atoms with Gasteiger partial charge in [0, 0.05) is 6.54 Å². The molecule has 120 valence electrons. The van der Waals surface area contributed by atoms with Crippen LogP contribution in [0.3, 0.4) is 0 Å². The lowest BCUT2D eigenvalue weighted by atomic mass is 9.66. The third-order valence-electron chi connectivity index (χ3n) is 5.50. The Hall–Kier alpha value is -1.84. The van der Waals surface area contributed by atoms with Crippen LogP contribution < -0.4 is 0 Å². The van der Waals surface area contributed by atoms with Gasteiger partial charge in [-0.1, -0.05) is 30.3 Å². The van der Waals surface area contributed by atoms with Gasteiger partial charge in [-0.15, -0.1) is 0 Å². The summed E-state index contributed by atoms with van der Waals surface area (Å²) in [5, 5.41) is 0. The molecule has 0 aromatic heterocycles. The number of β-lactam (4-membered cyclic amide) rings is 1. The largest absolute Gasteiger partial charge is 0.469 e. The van der Waals surface area contributed by atoms with Crippen LogP contribution in [0.2, 0.25) is 0 Å². The number of ether oxygens (including phenoxy) is 1. The van der Waals surface area contributed by atoms with Crippen LogP contribution in [0, 0.1) is 5.41 Å². The number of carbonyl (C=O) groups excluding carboxylic acids is 2. The summed E-state index contributed by atoms with van der Waals surface area (Å²) >= 11 is 0. The van der Waals surface area contributed by atoms with Crippen LogP contribution in [-0.4, -0.2) is 36.0 Å². The van der Waals surface area contributed by atoms with Crippen molar-refractivity contribution in [2.45, 2.75) is 45.6 Å². The Bertz CT molecular complexity index is 592. The highest BCUT2D eigenvalue weighted by atomic mass is 16.5. The molecule has 1 unspecified atom stereocenters. The van der Waals surface area contributed by atoms with Crippen LogP contribution in [0.4, 0.5) is 0 Å². The maximum atomic E-state index is 12.9. The standard InChI is InChI=1S/C18H25NO3/c1-16(2,15(21)22-6)17(3,4)19-12-18(5,14(19)20)13-10-8-7-9-11-13/h7-11H,12H2,1-6H3. The fourth-order valence-corrected chi connectivity index (χ4v) is 2.98. The number of nitrogens with zero attached hydrogens (tertiary/aromatic N) is 1. The van der Waals surface area contributed by atoms with E-state index in [1.54, 1.807) is 4.90 Å². The number of hydrogen-bond acceptors (Lipinski definition) is 3. The highest BCUT2D eigenvalue weighted by Gasteiger charge is 2.59. The van der Waals surface area contributed by atoms with E-state index in [9.17, 15) is 9.59 Å². The smallest absolute Gasteiger partial charge is 0.313 e. The molecule has 4 heteroatoms. The molecule has 0 aliphatic carbocycles. The van der Waals surface area contributed by atoms with Crippen LogP contribution in [0.25, 0.3) is 0 Å². The molecular weight excluding hydrogens is 278 g/mol. The van der Waals surface area contributed by atoms with Crippen molar-refractivity contribution in [2.75, 3.05) is 13.7 Å². The van der Waals surface area contributed by atoms with Gasteiger partial charge in [-0.05, 0) is 40.2 Å². The van der Waals surface area contributed by atoms with Gasteiger partial charge >= 0.3 is 5.97 Å². The van der Waals surface area contributed by atoms with Gasteiger partial charge in [0.2, 0.25) is 5.91 Å². The van der Waals surface area contributed by atoms with Crippen molar-refractivity contribution in [1.29, 1.82) is 0 Å². The van der Waals surface area contributed by atoms with E-state index in [0.29, 0.717) is 6.54 Å². The summed E-state index contributed by atoms with van der Waals surface area (Å²) in [4.78, 5) is 26.8. The van der Waals surface area contributed by atoms with Gasteiger partial charge in [-0.25, -0.2) is 0 Å². The minimum atomic E-state index is -0.782. The zero-order chi connectivity index (χ0) is 16.8. The van der Waals surface area contributed by atoms with Crippen molar-refractivity contribution >= 4 is 11.9 Å². The lowest BCUT2D eigenvalue weighted by Crippen LogP contribution is -2.72. The van der Waals surface area contributed by atoms with E-state index in [-0.39, 0.29) is 11.9 Å². The number of hydrogen-bond donors (Lipinski definition) is 0. The maximum absolute atomic E-state index is 12.9. The third-order valence-corrected chi connectivity index (χ3v) is 5.50. The quantitative estimate of drug-likeness (QED) is 0.635. The first-order valence-corrected chi connectivity index (χ1v) is 7.55. The first-order chi connectivity index (χ1) is 10.1. The topological polar surface area (TPSA) is 46.6 Å². The van der Waals surface area contributed by atoms with Gasteiger partial charge in [0.25, 0.3) is 0 Å². The SMILES string of the molecule is COC(=O)C(C)(C)C(C)(C)N1CC(C)(c2ccccc2)C1=O. The number of benzene rings is 1. The second kappa shape index (κ2) is 5.11. The van der Waals surface area contributed by atoms with E-state index >= 15 is 0 Å². The molecule has 1 aliphatic rings. The molecule has 4 nitrogen and oxygen atoms in total. The molecule has 1 aromatic carbocycles. The van der Waals surface area contributed by atoms with E-state index in [1.165, 1.54) is 7.11 Å². The molecule has 1 aromatic rings. The Morgan fingerprint density at radius 3 is 2.18 bits per heavy atom. The van der Waals surface area contributed by atoms with Gasteiger partial charge in [0.05, 0.1) is 23.5 Å². The van der Waals surface area contributed by atoms with Crippen LogP contribution >= 0.6 is 0 Å². The molecule has 0 radical (unpaired) electrons. The molecule has 1 aliphatic heterocycles. The Morgan fingerprint density at radius 2 is 1.73 bits per heavy atom. The van der Waals surface area contributed by atoms with E-state index in [4.69, 9.17) is 4.74 Å². The van der Waals surface area contributed by atoms with Crippen LogP contribution in [0.5, 0.6) is 0 Å². The van der Waals surface area contributed by atoms with Gasteiger partial charge in [-0.2, -0.15) is 0 Å². The predicted molar refractivity (Wildman–Crippen MR) is 85.4 cm³/mol. The summed E-state index contributed by atoms with van der Waals surface area (Å²) in [6.45, 7) is 10.1. The number of amides is 1. The molecule has 1 heterocycles. The summed E-state index contributed by atoms with van der Waals surface area (Å²) in [6, 6.07) is 9.79. The summed E-state index contributed by atoms with van der Waals surface area (Å²) in [6.07, 6.45) is 0. The van der Waals surface area contributed by atoms with E-state index in [0.717, 1.165) is 5.56 Å². The van der Waals surface area contributed by atoms with Crippen molar-refractivity contribution in [2.24, 2.45) is 5.41 Å². The normalized spacial score (nSPS) is 22.3. The van der Waals surface area contributed by atoms with Crippen molar-refractivity contribution in [3.05, 3.63) is 35.9 Å². The maximum Gasteiger partial charge on any atom is 0.313 e. The Balaban J connectivity index is 2.27. The first kappa shape index (κ1) is 16.5. The number of methoxy groups -OCH3 is 1. The lowest BCUT2D eigenvalue weighted by Gasteiger charge is -2.58. The second-order valence-electron chi connectivity index (χ2n) is 7.27. The van der Waals surface area contributed by atoms with Gasteiger partial charge in [-0.3, -0.25) is 9.59 Å². The highest BCUT2D eigenvalue weighted by Crippen LogP contribution is 2.46. The van der Waals surface area contributed by atoms with E-state index in [1.807, 2.05) is 65.0 Å². The molecule has 1 fully saturated rings. The molecule has 0 saturated carbocycles.